The van der Waals surface area contributed by atoms with Crippen LogP contribution < -0.4 is 0 Å². The first kappa shape index (κ1) is 17.6. The fourth-order valence-corrected chi connectivity index (χ4v) is 3.42. The molecule has 27 heavy (non-hydrogen) atoms. The highest BCUT2D eigenvalue weighted by atomic mass is 19.2. The molecule has 0 radical (unpaired) electrons. The molecule has 2 aromatic carbocycles. The molecule has 4 rings (SSSR count). The van der Waals surface area contributed by atoms with E-state index >= 15 is 0 Å². The van der Waals surface area contributed by atoms with Gasteiger partial charge in [0, 0.05) is 18.0 Å². The molecular formula is C22H20F2N2O. The van der Waals surface area contributed by atoms with E-state index in [1.165, 1.54) is 17.8 Å². The molecule has 0 N–H and O–H groups in total. The van der Waals surface area contributed by atoms with E-state index in [0.29, 0.717) is 16.8 Å². The van der Waals surface area contributed by atoms with Crippen molar-refractivity contribution in [1.82, 2.24) is 4.98 Å². The van der Waals surface area contributed by atoms with E-state index in [1.807, 2.05) is 18.2 Å². The summed E-state index contributed by atoms with van der Waals surface area (Å²) in [7, 11) is 0. The second kappa shape index (κ2) is 7.43. The van der Waals surface area contributed by atoms with Crippen molar-refractivity contribution in [3.05, 3.63) is 77.5 Å². The number of hydrogen-bond donors (Lipinski definition) is 0. The summed E-state index contributed by atoms with van der Waals surface area (Å²) in [4.78, 5) is 8.88. The van der Waals surface area contributed by atoms with Crippen LogP contribution in [0.5, 0.6) is 0 Å². The van der Waals surface area contributed by atoms with Gasteiger partial charge < -0.3 is 4.74 Å². The Labute approximate surface area is 156 Å². The van der Waals surface area contributed by atoms with Crippen LogP contribution in [-0.4, -0.2) is 23.0 Å². The van der Waals surface area contributed by atoms with Gasteiger partial charge >= 0.3 is 0 Å². The first-order chi connectivity index (χ1) is 13.1. The van der Waals surface area contributed by atoms with Crippen LogP contribution in [0, 0.1) is 11.6 Å². The molecule has 0 bridgehead atoms. The fourth-order valence-electron chi connectivity index (χ4n) is 3.42. The zero-order valence-electron chi connectivity index (χ0n) is 15.0. The van der Waals surface area contributed by atoms with Gasteiger partial charge in [0.1, 0.15) is 11.6 Å². The highest BCUT2D eigenvalue weighted by Gasteiger charge is 2.25. The van der Waals surface area contributed by atoms with Crippen molar-refractivity contribution in [2.75, 3.05) is 0 Å². The number of benzene rings is 2. The number of halogens is 2. The van der Waals surface area contributed by atoms with Gasteiger partial charge in [0.15, 0.2) is 11.6 Å². The predicted molar refractivity (Wildman–Crippen MR) is 102 cm³/mol. The third-order valence-electron chi connectivity index (χ3n) is 4.87. The molecule has 2 heterocycles. The summed E-state index contributed by atoms with van der Waals surface area (Å²) in [5.41, 5.74) is 1.93. The first-order valence-corrected chi connectivity index (χ1v) is 9.16. The third kappa shape index (κ3) is 3.68. The standard InChI is InChI=1S/C22H20F2N2O/c1-2-18-12-17(10-14-6-4-3-5-7-14)26-22(27-18)16-11-15-8-9-19(23)20(24)21(15)25-13-16/h3-9,11,13,17-18H,2,10,12H2,1H3. The Morgan fingerprint density at radius 2 is 1.93 bits per heavy atom. The molecule has 0 saturated carbocycles. The lowest BCUT2D eigenvalue weighted by atomic mass is 9.98. The number of hydrogen-bond acceptors (Lipinski definition) is 3. The molecule has 1 aromatic heterocycles. The first-order valence-electron chi connectivity index (χ1n) is 9.16. The molecule has 0 amide bonds. The summed E-state index contributed by atoms with van der Waals surface area (Å²) >= 11 is 0. The van der Waals surface area contributed by atoms with Crippen molar-refractivity contribution < 1.29 is 13.5 Å². The van der Waals surface area contributed by atoms with Crippen LogP contribution >= 0.6 is 0 Å². The van der Waals surface area contributed by atoms with Gasteiger partial charge in [0.05, 0.1) is 11.6 Å². The van der Waals surface area contributed by atoms with Gasteiger partial charge in [-0.05, 0) is 36.6 Å². The largest absolute Gasteiger partial charge is 0.474 e. The van der Waals surface area contributed by atoms with E-state index in [1.54, 1.807) is 6.07 Å². The zero-order chi connectivity index (χ0) is 18.8. The lowest BCUT2D eigenvalue weighted by Gasteiger charge is -2.28. The van der Waals surface area contributed by atoms with Gasteiger partial charge in [0.2, 0.25) is 5.90 Å². The molecule has 0 fully saturated rings. The van der Waals surface area contributed by atoms with E-state index in [-0.39, 0.29) is 17.7 Å². The summed E-state index contributed by atoms with van der Waals surface area (Å²) in [6, 6.07) is 14.7. The molecule has 2 atom stereocenters. The fraction of sp³-hybridized carbons (Fsp3) is 0.273. The van der Waals surface area contributed by atoms with Gasteiger partial charge in [-0.2, -0.15) is 0 Å². The molecule has 138 valence electrons. The quantitative estimate of drug-likeness (QED) is 0.646. The summed E-state index contributed by atoms with van der Waals surface area (Å²) in [6.07, 6.45) is 4.15. The number of rotatable bonds is 4. The third-order valence-corrected chi connectivity index (χ3v) is 4.87. The second-order valence-electron chi connectivity index (χ2n) is 6.82. The summed E-state index contributed by atoms with van der Waals surface area (Å²) in [5.74, 6) is -1.31. The second-order valence-corrected chi connectivity index (χ2v) is 6.82. The Morgan fingerprint density at radius 1 is 1.11 bits per heavy atom. The molecule has 0 saturated heterocycles. The van der Waals surface area contributed by atoms with Crippen molar-refractivity contribution in [3.8, 4) is 0 Å². The van der Waals surface area contributed by atoms with Crippen molar-refractivity contribution in [1.29, 1.82) is 0 Å². The molecule has 0 spiro atoms. The summed E-state index contributed by atoms with van der Waals surface area (Å²) < 4.78 is 33.3. The van der Waals surface area contributed by atoms with Crippen LogP contribution in [0.3, 0.4) is 0 Å². The van der Waals surface area contributed by atoms with Crippen molar-refractivity contribution in [2.24, 2.45) is 4.99 Å². The maximum atomic E-state index is 13.9. The molecule has 1 aliphatic heterocycles. The predicted octanol–water partition coefficient (Wildman–Crippen LogP) is 5.07. The monoisotopic (exact) mass is 366 g/mol. The Hall–Kier alpha value is -2.82. The number of pyridine rings is 1. The zero-order valence-corrected chi connectivity index (χ0v) is 15.0. The molecule has 0 aliphatic carbocycles. The van der Waals surface area contributed by atoms with Gasteiger partial charge in [-0.15, -0.1) is 0 Å². The Morgan fingerprint density at radius 3 is 2.70 bits per heavy atom. The van der Waals surface area contributed by atoms with E-state index in [9.17, 15) is 8.78 Å². The molecular weight excluding hydrogens is 346 g/mol. The maximum Gasteiger partial charge on any atom is 0.218 e. The Balaban J connectivity index is 1.68. The summed E-state index contributed by atoms with van der Waals surface area (Å²) in [6.45, 7) is 2.09. The lowest BCUT2D eigenvalue weighted by molar-refractivity contribution is 0.146. The molecule has 2 unspecified atom stereocenters. The minimum atomic E-state index is -0.932. The molecule has 5 heteroatoms. The van der Waals surface area contributed by atoms with E-state index in [4.69, 9.17) is 9.73 Å². The van der Waals surface area contributed by atoms with Crippen molar-refractivity contribution in [3.63, 3.8) is 0 Å². The van der Waals surface area contributed by atoms with Crippen LogP contribution in [0.4, 0.5) is 8.78 Å². The number of aliphatic imine (C=N–C) groups is 1. The molecule has 1 aliphatic rings. The smallest absolute Gasteiger partial charge is 0.218 e. The van der Waals surface area contributed by atoms with E-state index in [2.05, 4.69) is 24.0 Å². The Bertz CT molecular complexity index is 988. The van der Waals surface area contributed by atoms with Crippen LogP contribution in [0.25, 0.3) is 10.9 Å². The topological polar surface area (TPSA) is 34.5 Å². The molecule has 3 aromatic rings. The minimum Gasteiger partial charge on any atom is -0.474 e. The van der Waals surface area contributed by atoms with Gasteiger partial charge in [0.25, 0.3) is 0 Å². The number of fused-ring (bicyclic) bond motifs is 1. The maximum absolute atomic E-state index is 13.9. The average molecular weight is 366 g/mol. The van der Waals surface area contributed by atoms with Gasteiger partial charge in [-0.1, -0.05) is 37.3 Å². The minimum absolute atomic E-state index is 0.0167. The van der Waals surface area contributed by atoms with Crippen LogP contribution in [0.2, 0.25) is 0 Å². The summed E-state index contributed by atoms with van der Waals surface area (Å²) in [5, 5.41) is 0.524. The molecule has 3 nitrogen and oxygen atoms in total. The van der Waals surface area contributed by atoms with Crippen LogP contribution in [-0.2, 0) is 11.2 Å². The lowest BCUT2D eigenvalue weighted by Crippen LogP contribution is -2.31. The van der Waals surface area contributed by atoms with Crippen LogP contribution in [0.1, 0.15) is 30.9 Å². The highest BCUT2D eigenvalue weighted by molar-refractivity contribution is 5.97. The van der Waals surface area contributed by atoms with Gasteiger partial charge in [-0.3, -0.25) is 4.98 Å². The normalized spacial score (nSPS) is 19.6. The number of nitrogens with zero attached hydrogens (tertiary/aromatic N) is 2. The van der Waals surface area contributed by atoms with Crippen LogP contribution in [0.15, 0.2) is 59.7 Å². The van der Waals surface area contributed by atoms with Gasteiger partial charge in [-0.25, -0.2) is 13.8 Å². The highest BCUT2D eigenvalue weighted by Crippen LogP contribution is 2.25. The van der Waals surface area contributed by atoms with Crippen molar-refractivity contribution >= 4 is 16.8 Å². The SMILES string of the molecule is CCC1CC(Cc2ccccc2)N=C(c2cnc3c(F)c(F)ccc3c2)O1. The Kier molecular flexibility index (Phi) is 4.84. The van der Waals surface area contributed by atoms with E-state index in [0.717, 1.165) is 25.3 Å². The average Bonchev–Trinajstić information content (AvgIpc) is 2.71. The van der Waals surface area contributed by atoms with Crippen molar-refractivity contribution in [2.45, 2.75) is 38.3 Å². The van der Waals surface area contributed by atoms with E-state index < -0.39 is 11.6 Å². The number of aromatic nitrogens is 1. The number of ether oxygens (including phenoxy) is 1.